The van der Waals surface area contributed by atoms with Crippen molar-refractivity contribution in [1.29, 1.82) is 0 Å². The summed E-state index contributed by atoms with van der Waals surface area (Å²) in [5, 5.41) is 11.8. The second-order valence-electron chi connectivity index (χ2n) is 7.79. The van der Waals surface area contributed by atoms with Gasteiger partial charge in [-0.2, -0.15) is 0 Å². The average Bonchev–Trinajstić information content (AvgIpc) is 3.20. The molecule has 0 aliphatic carbocycles. The van der Waals surface area contributed by atoms with Gasteiger partial charge in [0.15, 0.2) is 5.76 Å². The number of aliphatic carboxylic acids is 1. The number of allylic oxidation sites excluding steroid dienone is 1. The molecule has 1 aliphatic heterocycles. The number of alkyl halides is 2. The molecule has 3 aromatic rings. The molecule has 7 nitrogen and oxygen atoms in total. The van der Waals surface area contributed by atoms with Crippen molar-refractivity contribution in [3.8, 4) is 0 Å². The van der Waals surface area contributed by atoms with Crippen molar-refractivity contribution in [1.82, 2.24) is 0 Å². The predicted molar refractivity (Wildman–Crippen MR) is 121 cm³/mol. The zero-order valence-corrected chi connectivity index (χ0v) is 18.0. The van der Waals surface area contributed by atoms with Gasteiger partial charge in [-0.25, -0.2) is 13.6 Å². The van der Waals surface area contributed by atoms with Crippen LogP contribution in [0.15, 0.2) is 71.4 Å². The number of nitrogens with one attached hydrogen (secondary N) is 1. The molecule has 174 valence electrons. The lowest BCUT2D eigenvalue weighted by atomic mass is 9.97. The van der Waals surface area contributed by atoms with Gasteiger partial charge in [-0.1, -0.05) is 18.2 Å². The van der Waals surface area contributed by atoms with Crippen LogP contribution in [-0.4, -0.2) is 35.4 Å². The second kappa shape index (κ2) is 8.93. The van der Waals surface area contributed by atoms with Crippen molar-refractivity contribution >= 4 is 34.7 Å². The van der Waals surface area contributed by atoms with Crippen LogP contribution in [0.5, 0.6) is 0 Å². The van der Waals surface area contributed by atoms with Crippen molar-refractivity contribution in [2.45, 2.75) is 19.3 Å². The number of fused-ring (bicyclic) bond motifs is 1. The van der Waals surface area contributed by atoms with Gasteiger partial charge in [0.05, 0.1) is 12.0 Å². The first-order valence-corrected chi connectivity index (χ1v) is 10.4. The zero-order chi connectivity index (χ0) is 24.5. The molecule has 1 aliphatic rings. The maximum absolute atomic E-state index is 14.8. The molecule has 0 saturated carbocycles. The molecule has 0 unspecified atom stereocenters. The van der Waals surface area contributed by atoms with E-state index in [4.69, 9.17) is 9.52 Å². The summed E-state index contributed by atoms with van der Waals surface area (Å²) in [6.07, 6.45) is 1.17. The summed E-state index contributed by atoms with van der Waals surface area (Å²) in [6.45, 7) is 1.43. The molecule has 0 radical (unpaired) electrons. The summed E-state index contributed by atoms with van der Waals surface area (Å²) >= 11 is 0. The van der Waals surface area contributed by atoms with Crippen LogP contribution in [0.1, 0.15) is 38.5 Å². The summed E-state index contributed by atoms with van der Waals surface area (Å²) in [7, 11) is 0. The van der Waals surface area contributed by atoms with Gasteiger partial charge in [0.2, 0.25) is 0 Å². The smallest absolute Gasteiger partial charge is 0.328 e. The van der Waals surface area contributed by atoms with Gasteiger partial charge in [-0.05, 0) is 43.3 Å². The summed E-state index contributed by atoms with van der Waals surface area (Å²) < 4.78 is 34.8. The quantitative estimate of drug-likeness (QED) is 0.528. The zero-order valence-electron chi connectivity index (χ0n) is 18.0. The van der Waals surface area contributed by atoms with Gasteiger partial charge in [0.25, 0.3) is 17.7 Å². The number of anilines is 2. The summed E-state index contributed by atoms with van der Waals surface area (Å²) in [5.41, 5.74) is 0.860. The third kappa shape index (κ3) is 4.45. The molecule has 2 aromatic carbocycles. The Hall–Kier alpha value is -4.27. The van der Waals surface area contributed by atoms with Crippen LogP contribution in [0, 0.1) is 6.92 Å². The van der Waals surface area contributed by atoms with Gasteiger partial charge in [-0.15, -0.1) is 0 Å². The average molecular weight is 466 g/mol. The molecular weight excluding hydrogens is 446 g/mol. The molecule has 2 amide bonds. The van der Waals surface area contributed by atoms with E-state index in [1.54, 1.807) is 19.1 Å². The van der Waals surface area contributed by atoms with Gasteiger partial charge >= 0.3 is 5.97 Å². The second-order valence-corrected chi connectivity index (χ2v) is 7.79. The Morgan fingerprint density at radius 1 is 1.09 bits per heavy atom. The largest absolute Gasteiger partial charge is 0.478 e. The minimum Gasteiger partial charge on any atom is -0.478 e. The number of halogens is 2. The highest BCUT2D eigenvalue weighted by Crippen LogP contribution is 2.43. The van der Waals surface area contributed by atoms with E-state index in [1.165, 1.54) is 53.6 Å². The summed E-state index contributed by atoms with van der Waals surface area (Å²) in [4.78, 5) is 38.0. The SMILES string of the molecule is Cc1ccoc1C(=O)Nc1ccc(C(=O)N2CCC(F)(F)/C(=C\C(=O)O)c3ccccc32)cc1. The number of amides is 2. The first-order chi connectivity index (χ1) is 16.2. The molecule has 34 heavy (non-hydrogen) atoms. The molecule has 0 spiro atoms. The van der Waals surface area contributed by atoms with Gasteiger partial charge in [0.1, 0.15) is 0 Å². The molecule has 4 rings (SSSR count). The lowest BCUT2D eigenvalue weighted by Crippen LogP contribution is -2.33. The Morgan fingerprint density at radius 3 is 2.44 bits per heavy atom. The molecule has 1 aromatic heterocycles. The number of furan rings is 1. The Bertz CT molecular complexity index is 1290. The fourth-order valence-corrected chi connectivity index (χ4v) is 3.80. The highest BCUT2D eigenvalue weighted by molar-refractivity contribution is 6.09. The van der Waals surface area contributed by atoms with Crippen LogP contribution >= 0.6 is 0 Å². The Labute approximate surface area is 193 Å². The van der Waals surface area contributed by atoms with Crippen molar-refractivity contribution < 1.29 is 32.7 Å². The van der Waals surface area contributed by atoms with E-state index in [0.717, 1.165) is 0 Å². The van der Waals surface area contributed by atoms with Gasteiger partial charge in [0, 0.05) is 47.0 Å². The molecule has 2 heterocycles. The van der Waals surface area contributed by atoms with Crippen LogP contribution in [0.25, 0.3) is 5.57 Å². The summed E-state index contributed by atoms with van der Waals surface area (Å²) in [6, 6.07) is 13.7. The van der Waals surface area contributed by atoms with Crippen LogP contribution < -0.4 is 10.2 Å². The maximum Gasteiger partial charge on any atom is 0.328 e. The number of rotatable bonds is 4. The number of benzene rings is 2. The van der Waals surface area contributed by atoms with Crippen LogP contribution in [-0.2, 0) is 4.79 Å². The molecule has 0 bridgehead atoms. The number of hydrogen-bond acceptors (Lipinski definition) is 4. The van der Waals surface area contributed by atoms with Crippen molar-refractivity contribution in [2.75, 3.05) is 16.8 Å². The molecule has 2 N–H and O–H groups in total. The van der Waals surface area contributed by atoms with Gasteiger partial charge < -0.3 is 19.7 Å². The Morgan fingerprint density at radius 2 is 1.79 bits per heavy atom. The standard InChI is InChI=1S/C25H20F2N2O5/c1-15-10-13-34-22(15)23(32)28-17-8-6-16(7-9-17)24(33)29-12-11-25(26,27)19(14-21(30)31)18-4-2-3-5-20(18)29/h2-10,13-14H,11-12H2,1H3,(H,28,32)(H,30,31)/b19-14-. The van der Waals surface area contributed by atoms with Crippen LogP contribution in [0.3, 0.4) is 0 Å². The number of nitrogens with zero attached hydrogens (tertiary/aromatic N) is 1. The van der Waals surface area contributed by atoms with E-state index in [-0.39, 0.29) is 29.1 Å². The van der Waals surface area contributed by atoms with E-state index in [0.29, 0.717) is 17.3 Å². The molecular formula is C25H20F2N2O5. The monoisotopic (exact) mass is 466 g/mol. The van der Waals surface area contributed by atoms with E-state index in [2.05, 4.69) is 5.32 Å². The van der Waals surface area contributed by atoms with Gasteiger partial charge in [-0.3, -0.25) is 9.59 Å². The fourth-order valence-electron chi connectivity index (χ4n) is 3.80. The number of carboxylic acids is 1. The van der Waals surface area contributed by atoms with Crippen molar-refractivity contribution in [2.24, 2.45) is 0 Å². The van der Waals surface area contributed by atoms with Crippen molar-refractivity contribution in [3.63, 3.8) is 0 Å². The van der Waals surface area contributed by atoms with E-state index in [9.17, 15) is 23.2 Å². The maximum atomic E-state index is 14.8. The first kappa shape index (κ1) is 22.9. The lowest BCUT2D eigenvalue weighted by Gasteiger charge is -2.23. The third-order valence-electron chi connectivity index (χ3n) is 5.50. The minimum atomic E-state index is -3.43. The number of aryl methyl sites for hydroxylation is 1. The number of carbonyl (C=O) groups excluding carboxylic acids is 2. The molecule has 0 atom stereocenters. The topological polar surface area (TPSA) is 99.9 Å². The highest BCUT2D eigenvalue weighted by atomic mass is 19.3. The lowest BCUT2D eigenvalue weighted by molar-refractivity contribution is -0.131. The molecule has 0 saturated heterocycles. The number of carbonyl (C=O) groups is 3. The Balaban J connectivity index is 1.62. The number of para-hydroxylation sites is 1. The highest BCUT2D eigenvalue weighted by Gasteiger charge is 2.41. The predicted octanol–water partition coefficient (Wildman–Crippen LogP) is 4.99. The third-order valence-corrected chi connectivity index (χ3v) is 5.50. The normalized spacial score (nSPS) is 16.0. The van der Waals surface area contributed by atoms with Crippen LogP contribution in [0.4, 0.5) is 20.2 Å². The number of hydrogen-bond donors (Lipinski definition) is 2. The molecule has 9 heteroatoms. The fraction of sp³-hybridized carbons (Fsp3) is 0.160. The van der Waals surface area contributed by atoms with E-state index in [1.807, 2.05) is 0 Å². The van der Waals surface area contributed by atoms with E-state index >= 15 is 0 Å². The number of carboxylic acid groups (broad SMARTS) is 1. The van der Waals surface area contributed by atoms with E-state index < -0.39 is 35.7 Å². The molecule has 0 fully saturated rings. The summed E-state index contributed by atoms with van der Waals surface area (Å²) in [5.74, 6) is -5.72. The minimum absolute atomic E-state index is 0.0153. The van der Waals surface area contributed by atoms with Crippen molar-refractivity contribution in [3.05, 3.63) is 89.4 Å². The Kier molecular flexibility index (Phi) is 6.02. The first-order valence-electron chi connectivity index (χ1n) is 10.4. The van der Waals surface area contributed by atoms with Crippen LogP contribution in [0.2, 0.25) is 0 Å².